The molecule has 0 radical (unpaired) electrons. The Bertz CT molecular complexity index is 1230. The van der Waals surface area contributed by atoms with E-state index in [-0.39, 0.29) is 53.5 Å². The van der Waals surface area contributed by atoms with Crippen LogP contribution in [0.3, 0.4) is 0 Å². The molecule has 0 amide bonds. The van der Waals surface area contributed by atoms with E-state index in [2.05, 4.69) is 10.6 Å². The van der Waals surface area contributed by atoms with Crippen LogP contribution in [0.2, 0.25) is 5.02 Å². The molecule has 3 atom stereocenters. The lowest BCUT2D eigenvalue weighted by atomic mass is 10.0. The van der Waals surface area contributed by atoms with Crippen LogP contribution in [0.1, 0.15) is 33.1 Å². The van der Waals surface area contributed by atoms with Crippen LogP contribution in [0.4, 0.5) is 17.1 Å². The van der Waals surface area contributed by atoms with Gasteiger partial charge in [-0.3, -0.25) is 14.4 Å². The van der Waals surface area contributed by atoms with Gasteiger partial charge >= 0.3 is 0 Å². The number of methoxy groups -OCH3 is 1. The van der Waals surface area contributed by atoms with Crippen molar-refractivity contribution in [1.82, 2.24) is 4.47 Å². The number of nitrogens with one attached hydrogen (secondary N) is 2. The number of rotatable bonds is 12. The van der Waals surface area contributed by atoms with Crippen molar-refractivity contribution in [1.29, 1.82) is 0 Å². The Labute approximate surface area is 208 Å². The van der Waals surface area contributed by atoms with Crippen LogP contribution in [-0.2, 0) is 24.3 Å². The maximum atomic E-state index is 13.0. The summed E-state index contributed by atoms with van der Waals surface area (Å²) >= 11 is 6.10. The van der Waals surface area contributed by atoms with Crippen molar-refractivity contribution in [2.75, 3.05) is 38.0 Å². The molecular weight excluding hydrogens is 502 g/mol. The van der Waals surface area contributed by atoms with E-state index in [1.165, 1.54) is 19.2 Å². The number of ether oxygens (including phenoxy) is 2. The molecule has 0 aliphatic carbocycles. The Morgan fingerprint density at radius 1 is 1.23 bits per heavy atom. The zero-order valence-corrected chi connectivity index (χ0v) is 21.5. The Morgan fingerprint density at radius 2 is 1.91 bits per heavy atom. The smallest absolute Gasteiger partial charge is 0.270 e. The van der Waals surface area contributed by atoms with E-state index < -0.39 is 31.5 Å². The van der Waals surface area contributed by atoms with Crippen molar-refractivity contribution < 1.29 is 27.8 Å². The van der Waals surface area contributed by atoms with Crippen LogP contribution >= 0.6 is 11.6 Å². The normalized spacial score (nSPS) is 19.4. The summed E-state index contributed by atoms with van der Waals surface area (Å²) in [6, 6.07) is 2.36. The fraction of sp³-hybridized carbons (Fsp3) is 0.545. The molecule has 13 heteroatoms. The predicted molar refractivity (Wildman–Crippen MR) is 132 cm³/mol. The Kier molecular flexibility index (Phi) is 8.78. The van der Waals surface area contributed by atoms with Crippen molar-refractivity contribution in [3.63, 3.8) is 0 Å². The molecule has 0 spiro atoms. The van der Waals surface area contributed by atoms with Crippen LogP contribution < -0.4 is 21.5 Å². The summed E-state index contributed by atoms with van der Waals surface area (Å²) in [7, 11) is -1.79. The van der Waals surface area contributed by atoms with Gasteiger partial charge in [-0.2, -0.15) is 0 Å². The molecule has 3 N–H and O–H groups in total. The topological polar surface area (TPSA) is 144 Å². The third-order valence-corrected chi connectivity index (χ3v) is 8.03. The van der Waals surface area contributed by atoms with E-state index in [0.29, 0.717) is 10.9 Å². The molecule has 2 unspecified atom stereocenters. The number of benzene rings is 1. The van der Waals surface area contributed by atoms with Gasteiger partial charge in [0.15, 0.2) is 5.75 Å². The average molecular weight is 532 g/mol. The quantitative estimate of drug-likeness (QED) is 0.161. The third kappa shape index (κ3) is 5.63. The molecular formula is C22H30ClN3O8S. The monoisotopic (exact) mass is 531 g/mol. The molecule has 35 heavy (non-hydrogen) atoms. The third-order valence-electron chi connectivity index (χ3n) is 5.89. The second-order valence-corrected chi connectivity index (χ2v) is 10.5. The van der Waals surface area contributed by atoms with Gasteiger partial charge in [-0.1, -0.05) is 23.0 Å². The minimum Gasteiger partial charge on any atom is -0.504 e. The van der Waals surface area contributed by atoms with E-state index in [0.717, 1.165) is 19.9 Å². The highest BCUT2D eigenvalue weighted by molar-refractivity contribution is 7.89. The Balaban J connectivity index is 1.88. The summed E-state index contributed by atoms with van der Waals surface area (Å²) in [5.41, 5.74) is -1.63. The molecule has 0 saturated carbocycles. The highest BCUT2D eigenvalue weighted by atomic mass is 35.5. The summed E-state index contributed by atoms with van der Waals surface area (Å²) in [5, 5.41) is 16.3. The van der Waals surface area contributed by atoms with Crippen LogP contribution in [0.15, 0.2) is 26.6 Å². The van der Waals surface area contributed by atoms with Crippen molar-refractivity contribution in [3.05, 3.63) is 37.6 Å². The number of sulfonamides is 1. The van der Waals surface area contributed by atoms with Gasteiger partial charge in [-0.05, 0) is 38.3 Å². The molecule has 2 aromatic carbocycles. The Hall–Kier alpha value is -2.22. The van der Waals surface area contributed by atoms with Gasteiger partial charge < -0.3 is 25.2 Å². The first-order chi connectivity index (χ1) is 16.5. The number of hydroxylamine groups is 1. The molecule has 11 nitrogen and oxygen atoms in total. The first-order valence-corrected chi connectivity index (χ1v) is 13.0. The number of hydrogen-bond donors (Lipinski definition) is 3. The van der Waals surface area contributed by atoms with Gasteiger partial charge in [0.2, 0.25) is 0 Å². The van der Waals surface area contributed by atoms with E-state index in [9.17, 15) is 23.1 Å². The number of halogens is 1. The van der Waals surface area contributed by atoms with Crippen molar-refractivity contribution >= 4 is 38.7 Å². The van der Waals surface area contributed by atoms with E-state index in [4.69, 9.17) is 25.9 Å². The molecule has 1 heterocycles. The van der Waals surface area contributed by atoms with Gasteiger partial charge in [0, 0.05) is 14.2 Å². The summed E-state index contributed by atoms with van der Waals surface area (Å²) in [6.07, 6.45) is 2.38. The summed E-state index contributed by atoms with van der Waals surface area (Å²) in [5.74, 6) is -0.723. The second kappa shape index (κ2) is 11.2. The van der Waals surface area contributed by atoms with Gasteiger partial charge in [-0.15, -0.1) is 0 Å². The number of phenols is 1. The van der Waals surface area contributed by atoms with E-state index >= 15 is 0 Å². The fourth-order valence-electron chi connectivity index (χ4n) is 3.90. The number of phenolic OH excluding ortho intramolecular Hbond substituents is 1. The zero-order chi connectivity index (χ0) is 25.9. The van der Waals surface area contributed by atoms with Crippen LogP contribution in [0.5, 0.6) is 5.75 Å². The first kappa shape index (κ1) is 27.4. The first-order valence-electron chi connectivity index (χ1n) is 11.2. The molecule has 1 fully saturated rings. The highest BCUT2D eigenvalue weighted by Gasteiger charge is 2.33. The molecule has 1 aliphatic heterocycles. The number of aromatic hydroxyl groups is 1. The summed E-state index contributed by atoms with van der Waals surface area (Å²) in [4.78, 5) is 29.1. The summed E-state index contributed by atoms with van der Waals surface area (Å²) < 4.78 is 37.2. The number of nitrogens with zero attached hydrogens (tertiary/aromatic N) is 1. The van der Waals surface area contributed by atoms with Crippen LogP contribution in [0, 0.1) is 0 Å². The number of anilines is 3. The molecule has 0 bridgehead atoms. The second-order valence-electron chi connectivity index (χ2n) is 8.27. The minimum atomic E-state index is -4.37. The van der Waals surface area contributed by atoms with Gasteiger partial charge in [0.1, 0.15) is 16.3 Å². The summed E-state index contributed by atoms with van der Waals surface area (Å²) in [6.45, 7) is 4.01. The molecule has 1 aliphatic rings. The van der Waals surface area contributed by atoms with Gasteiger partial charge in [-0.25, -0.2) is 8.42 Å². The van der Waals surface area contributed by atoms with Crippen molar-refractivity contribution in [2.24, 2.45) is 0 Å². The highest BCUT2D eigenvalue weighted by Crippen LogP contribution is 2.40. The van der Waals surface area contributed by atoms with Crippen LogP contribution in [0.25, 0.3) is 0 Å². The lowest BCUT2D eigenvalue weighted by Gasteiger charge is -2.26. The van der Waals surface area contributed by atoms with Crippen molar-refractivity contribution in [3.8, 4) is 5.75 Å². The van der Waals surface area contributed by atoms with Crippen LogP contribution in [-0.4, -0.2) is 63.6 Å². The van der Waals surface area contributed by atoms with E-state index in [1.54, 1.807) is 0 Å². The maximum absolute atomic E-state index is 13.0. The SMILES string of the molecule is CC[C@@H](Nc1c(Nc2ccc(Cl)c(S(=O)(=O)N(C)OCCOC)c2O)c(=O)c1=O)C1CCC(C)O1. The lowest BCUT2D eigenvalue weighted by molar-refractivity contribution is -0.0816. The standard InChI is InChI=1S/C22H30ClN3O8S/c1-5-14(16-9-6-12(2)34-16)24-17-18(21(29)20(17)28)25-15-8-7-13(23)22(19(15)27)35(30,31)26(3)33-11-10-32-4/h7-8,12,14,16,24-25,27H,5-6,9-11H2,1-4H3/t12?,14-,16?/m1/s1. The lowest BCUT2D eigenvalue weighted by Crippen LogP contribution is -2.42. The molecule has 194 valence electrons. The fourth-order valence-corrected chi connectivity index (χ4v) is 5.48. The number of hydrogen-bond acceptors (Lipinski definition) is 10. The van der Waals surface area contributed by atoms with Crippen molar-refractivity contribution in [2.45, 2.75) is 56.3 Å². The molecule has 3 rings (SSSR count). The molecule has 0 aromatic heterocycles. The minimum absolute atomic E-state index is 0.0524. The molecule has 1 saturated heterocycles. The Morgan fingerprint density at radius 3 is 2.51 bits per heavy atom. The zero-order valence-electron chi connectivity index (χ0n) is 20.0. The average Bonchev–Trinajstić information content (AvgIpc) is 3.25. The maximum Gasteiger partial charge on any atom is 0.270 e. The van der Waals surface area contributed by atoms with E-state index in [1.807, 2.05) is 13.8 Å². The molecule has 2 aromatic rings. The largest absolute Gasteiger partial charge is 0.504 e. The van der Waals surface area contributed by atoms with Gasteiger partial charge in [0.05, 0.1) is 42.2 Å². The van der Waals surface area contributed by atoms with Gasteiger partial charge in [0.25, 0.3) is 20.9 Å². The predicted octanol–water partition coefficient (Wildman–Crippen LogP) is 2.34.